The summed E-state index contributed by atoms with van der Waals surface area (Å²) in [6.07, 6.45) is 0. The monoisotopic (exact) mass is 140 g/mol. The van der Waals surface area contributed by atoms with Crippen LogP contribution in [0.4, 0.5) is 11.4 Å². The van der Waals surface area contributed by atoms with E-state index in [-0.39, 0.29) is 0 Å². The van der Waals surface area contributed by atoms with Crippen molar-refractivity contribution in [1.29, 1.82) is 0 Å². The van der Waals surface area contributed by atoms with Gasteiger partial charge in [-0.2, -0.15) is 0 Å². The number of nitrogens with two attached hydrogens (primary N) is 2. The zero-order chi connectivity index (χ0) is 6.85. The lowest BCUT2D eigenvalue weighted by Crippen LogP contribution is -2.01. The van der Waals surface area contributed by atoms with Gasteiger partial charge in [-0.1, -0.05) is 0 Å². The molecule has 0 amide bonds. The first-order valence-electron chi connectivity index (χ1n) is 2.60. The molecule has 0 aromatic heterocycles. The molecule has 0 spiro atoms. The van der Waals surface area contributed by atoms with Gasteiger partial charge in [-0.15, -0.1) is 9.24 Å². The topological polar surface area (TPSA) is 52.0 Å². The summed E-state index contributed by atoms with van der Waals surface area (Å²) in [6.45, 7) is 0. The lowest BCUT2D eigenvalue weighted by molar-refractivity contribution is 1.72. The van der Waals surface area contributed by atoms with E-state index in [1.165, 1.54) is 0 Å². The predicted octanol–water partition coefficient (Wildman–Crippen LogP) is 0.351. The Morgan fingerprint density at radius 3 is 2.33 bits per heavy atom. The fraction of sp³-hybridized carbons (Fsp3) is 0. The molecule has 0 aliphatic heterocycles. The van der Waals surface area contributed by atoms with Crippen molar-refractivity contribution < 1.29 is 0 Å². The van der Waals surface area contributed by atoms with E-state index in [0.717, 1.165) is 16.7 Å². The number of benzene rings is 1. The maximum Gasteiger partial charge on any atom is 0.0388 e. The van der Waals surface area contributed by atoms with Crippen LogP contribution in [-0.4, -0.2) is 0 Å². The number of nitrogen functional groups attached to an aromatic ring is 2. The second-order valence-electron chi connectivity index (χ2n) is 1.89. The molecule has 0 saturated heterocycles. The van der Waals surface area contributed by atoms with Crippen LogP contribution in [0.15, 0.2) is 18.2 Å². The summed E-state index contributed by atoms with van der Waals surface area (Å²) in [5, 5.41) is 0.954. The van der Waals surface area contributed by atoms with E-state index < -0.39 is 0 Å². The van der Waals surface area contributed by atoms with Crippen LogP contribution in [0.5, 0.6) is 0 Å². The zero-order valence-electron chi connectivity index (χ0n) is 4.96. The smallest absolute Gasteiger partial charge is 0.0388 e. The molecule has 1 atom stereocenters. The standard InChI is InChI=1S/C6H9N2P/c7-4-1-2-5(8)6(9)3-4/h1-3H,7-9H2. The average molecular weight is 140 g/mol. The number of anilines is 2. The average Bonchev–Trinajstić information content (AvgIpc) is 1.80. The van der Waals surface area contributed by atoms with Crippen molar-refractivity contribution in [3.63, 3.8) is 0 Å². The van der Waals surface area contributed by atoms with Crippen molar-refractivity contribution >= 4 is 25.9 Å². The van der Waals surface area contributed by atoms with E-state index in [2.05, 4.69) is 9.24 Å². The van der Waals surface area contributed by atoms with Crippen molar-refractivity contribution in [2.24, 2.45) is 0 Å². The lowest BCUT2D eigenvalue weighted by Gasteiger charge is -1.98. The SMILES string of the molecule is Nc1ccc(N)c(P)c1. The third-order valence-corrected chi connectivity index (χ3v) is 1.61. The van der Waals surface area contributed by atoms with Gasteiger partial charge in [-0.25, -0.2) is 0 Å². The molecule has 48 valence electrons. The number of hydrogen-bond acceptors (Lipinski definition) is 2. The first kappa shape index (κ1) is 6.37. The van der Waals surface area contributed by atoms with Gasteiger partial charge in [0.05, 0.1) is 0 Å². The number of rotatable bonds is 0. The van der Waals surface area contributed by atoms with E-state index in [9.17, 15) is 0 Å². The van der Waals surface area contributed by atoms with Gasteiger partial charge in [0, 0.05) is 11.4 Å². The molecule has 0 heterocycles. The second kappa shape index (κ2) is 2.24. The fourth-order valence-electron chi connectivity index (χ4n) is 0.593. The Kier molecular flexibility index (Phi) is 1.58. The zero-order valence-corrected chi connectivity index (χ0v) is 6.12. The molecular formula is C6H9N2P. The minimum atomic E-state index is 0.745. The molecule has 4 N–H and O–H groups in total. The predicted molar refractivity (Wildman–Crippen MR) is 44.6 cm³/mol. The van der Waals surface area contributed by atoms with Crippen molar-refractivity contribution in [3.8, 4) is 0 Å². The highest BCUT2D eigenvalue weighted by Crippen LogP contribution is 2.06. The van der Waals surface area contributed by atoms with Crippen LogP contribution in [0, 0.1) is 0 Å². The summed E-state index contributed by atoms with van der Waals surface area (Å²) >= 11 is 0. The van der Waals surface area contributed by atoms with Crippen molar-refractivity contribution in [2.45, 2.75) is 0 Å². The minimum absolute atomic E-state index is 0.745. The van der Waals surface area contributed by atoms with Gasteiger partial charge in [0.15, 0.2) is 0 Å². The maximum atomic E-state index is 5.51. The van der Waals surface area contributed by atoms with E-state index in [4.69, 9.17) is 11.5 Å². The summed E-state index contributed by atoms with van der Waals surface area (Å²) in [4.78, 5) is 0. The quantitative estimate of drug-likeness (QED) is 0.403. The Balaban J connectivity index is 3.17. The summed E-state index contributed by atoms with van der Waals surface area (Å²) in [5.74, 6) is 0. The van der Waals surface area contributed by atoms with Crippen molar-refractivity contribution in [1.82, 2.24) is 0 Å². The van der Waals surface area contributed by atoms with Crippen LogP contribution in [0.2, 0.25) is 0 Å². The summed E-state index contributed by atoms with van der Waals surface area (Å²) in [6, 6.07) is 5.39. The molecule has 9 heavy (non-hydrogen) atoms. The highest BCUT2D eigenvalue weighted by molar-refractivity contribution is 7.28. The molecule has 1 unspecified atom stereocenters. The molecule has 1 aromatic carbocycles. The van der Waals surface area contributed by atoms with Gasteiger partial charge in [0.1, 0.15) is 0 Å². The van der Waals surface area contributed by atoms with Crippen LogP contribution in [0.1, 0.15) is 0 Å². The molecule has 0 bridgehead atoms. The fourth-order valence-corrected chi connectivity index (χ4v) is 0.882. The Morgan fingerprint density at radius 2 is 1.89 bits per heavy atom. The molecule has 1 rings (SSSR count). The van der Waals surface area contributed by atoms with E-state index in [1.54, 1.807) is 12.1 Å². The van der Waals surface area contributed by atoms with Crippen LogP contribution in [-0.2, 0) is 0 Å². The molecule has 0 saturated carbocycles. The Hall–Kier alpha value is -0.750. The number of hydrogen-bond donors (Lipinski definition) is 2. The summed E-state index contributed by atoms with van der Waals surface area (Å²) in [5.41, 5.74) is 12.5. The molecule has 3 heteroatoms. The first-order chi connectivity index (χ1) is 4.20. The van der Waals surface area contributed by atoms with Crippen LogP contribution in [0.3, 0.4) is 0 Å². The Bertz CT molecular complexity index is 222. The molecule has 1 aromatic rings. The molecular weight excluding hydrogens is 131 g/mol. The minimum Gasteiger partial charge on any atom is -0.399 e. The third-order valence-electron chi connectivity index (χ3n) is 1.11. The summed E-state index contributed by atoms with van der Waals surface area (Å²) < 4.78 is 0. The normalized spacial score (nSPS) is 9.44. The van der Waals surface area contributed by atoms with E-state index in [1.807, 2.05) is 6.07 Å². The van der Waals surface area contributed by atoms with Crippen LogP contribution >= 0.6 is 9.24 Å². The molecule has 0 aliphatic rings. The first-order valence-corrected chi connectivity index (χ1v) is 3.18. The third kappa shape index (κ3) is 1.33. The lowest BCUT2D eigenvalue weighted by atomic mass is 10.3. The highest BCUT2D eigenvalue weighted by atomic mass is 31.0. The molecule has 2 nitrogen and oxygen atoms in total. The highest BCUT2D eigenvalue weighted by Gasteiger charge is 1.90. The second-order valence-corrected chi connectivity index (χ2v) is 2.51. The van der Waals surface area contributed by atoms with Gasteiger partial charge >= 0.3 is 0 Å². The van der Waals surface area contributed by atoms with Gasteiger partial charge in [0.25, 0.3) is 0 Å². The van der Waals surface area contributed by atoms with Crippen LogP contribution in [0.25, 0.3) is 0 Å². The van der Waals surface area contributed by atoms with Gasteiger partial charge in [-0.3, -0.25) is 0 Å². The van der Waals surface area contributed by atoms with E-state index in [0.29, 0.717) is 0 Å². The van der Waals surface area contributed by atoms with E-state index >= 15 is 0 Å². The van der Waals surface area contributed by atoms with Crippen molar-refractivity contribution in [3.05, 3.63) is 18.2 Å². The van der Waals surface area contributed by atoms with Crippen molar-refractivity contribution in [2.75, 3.05) is 11.5 Å². The largest absolute Gasteiger partial charge is 0.399 e. The maximum absolute atomic E-state index is 5.51. The van der Waals surface area contributed by atoms with Gasteiger partial charge in [0.2, 0.25) is 0 Å². The molecule has 0 radical (unpaired) electrons. The summed E-state index contributed by atoms with van der Waals surface area (Å²) in [7, 11) is 2.52. The molecule has 0 fully saturated rings. The molecule has 0 aliphatic carbocycles. The van der Waals surface area contributed by atoms with Gasteiger partial charge in [-0.05, 0) is 23.5 Å². The Labute approximate surface area is 56.4 Å². The van der Waals surface area contributed by atoms with Gasteiger partial charge < -0.3 is 11.5 Å². The van der Waals surface area contributed by atoms with Crippen LogP contribution < -0.4 is 16.8 Å². The Morgan fingerprint density at radius 1 is 1.22 bits per heavy atom.